The summed E-state index contributed by atoms with van der Waals surface area (Å²) in [4.78, 5) is 47.5. The Bertz CT molecular complexity index is 755. The molecule has 3 aliphatic rings. The van der Waals surface area contributed by atoms with Crippen LogP contribution in [0.1, 0.15) is 32.6 Å². The van der Waals surface area contributed by atoms with Crippen molar-refractivity contribution >= 4 is 23.6 Å². The van der Waals surface area contributed by atoms with E-state index in [1.54, 1.807) is 6.20 Å². The van der Waals surface area contributed by atoms with Crippen LogP contribution in [0.4, 0.5) is 5.82 Å². The van der Waals surface area contributed by atoms with Crippen molar-refractivity contribution in [3.05, 3.63) is 24.4 Å². The molecule has 1 aromatic rings. The van der Waals surface area contributed by atoms with Gasteiger partial charge in [0.1, 0.15) is 11.9 Å². The normalized spacial score (nSPS) is 25.9. The smallest absolute Gasteiger partial charge is 0.303 e. The molecule has 2 aliphatic heterocycles. The minimum atomic E-state index is -0.503. The van der Waals surface area contributed by atoms with Gasteiger partial charge in [-0.15, -0.1) is 0 Å². The van der Waals surface area contributed by atoms with Gasteiger partial charge in [0.15, 0.2) is 0 Å². The van der Waals surface area contributed by atoms with Crippen molar-refractivity contribution in [1.82, 2.24) is 14.8 Å². The van der Waals surface area contributed by atoms with Gasteiger partial charge in [0.2, 0.25) is 11.8 Å². The summed E-state index contributed by atoms with van der Waals surface area (Å²) in [5.74, 6) is 0.0640. The molecule has 4 rings (SSSR count). The summed E-state index contributed by atoms with van der Waals surface area (Å²) in [6.07, 6.45) is 4.88. The number of esters is 1. The number of carbonyl (C=O) groups is 3. The molecule has 3 fully saturated rings. The second-order valence-electron chi connectivity index (χ2n) is 8.49. The van der Waals surface area contributed by atoms with Gasteiger partial charge in [0.05, 0.1) is 18.4 Å². The fourth-order valence-corrected chi connectivity index (χ4v) is 4.97. The molecule has 0 bridgehead atoms. The van der Waals surface area contributed by atoms with E-state index in [2.05, 4.69) is 14.8 Å². The highest BCUT2D eigenvalue weighted by Gasteiger charge is 2.48. The van der Waals surface area contributed by atoms with Crippen LogP contribution in [0.2, 0.25) is 0 Å². The number of likely N-dealkylation sites (tertiary alicyclic amines) is 1. The fourth-order valence-electron chi connectivity index (χ4n) is 4.97. The highest BCUT2D eigenvalue weighted by atomic mass is 16.5. The molecule has 0 radical (unpaired) electrons. The molecule has 1 aliphatic carbocycles. The van der Waals surface area contributed by atoms with Crippen LogP contribution in [0, 0.1) is 11.8 Å². The van der Waals surface area contributed by atoms with Gasteiger partial charge in [-0.05, 0) is 25.0 Å². The van der Waals surface area contributed by atoms with Crippen LogP contribution in [-0.4, -0.2) is 77.9 Å². The number of imide groups is 1. The average Bonchev–Trinajstić information content (AvgIpc) is 2.99. The Morgan fingerprint density at radius 3 is 2.30 bits per heavy atom. The third-order valence-electron chi connectivity index (χ3n) is 6.46. The van der Waals surface area contributed by atoms with Crippen LogP contribution >= 0.6 is 0 Å². The number of piperazine rings is 1. The molecule has 8 nitrogen and oxygen atoms in total. The Morgan fingerprint density at radius 2 is 1.73 bits per heavy atom. The maximum Gasteiger partial charge on any atom is 0.303 e. The summed E-state index contributed by atoms with van der Waals surface area (Å²) in [6, 6.07) is 5.88. The van der Waals surface area contributed by atoms with Crippen LogP contribution in [0.25, 0.3) is 0 Å². The third kappa shape index (κ3) is 4.48. The van der Waals surface area contributed by atoms with E-state index in [1.807, 2.05) is 18.2 Å². The van der Waals surface area contributed by atoms with Gasteiger partial charge in [-0.25, -0.2) is 4.98 Å². The van der Waals surface area contributed by atoms with E-state index < -0.39 is 6.10 Å². The van der Waals surface area contributed by atoms with Crippen LogP contribution in [0.5, 0.6) is 0 Å². The van der Waals surface area contributed by atoms with Crippen LogP contribution in [-0.2, 0) is 19.1 Å². The summed E-state index contributed by atoms with van der Waals surface area (Å²) in [5.41, 5.74) is 0. The zero-order chi connectivity index (χ0) is 21.1. The van der Waals surface area contributed by atoms with Crippen molar-refractivity contribution < 1.29 is 19.1 Å². The molecular weight excluding hydrogens is 384 g/mol. The monoisotopic (exact) mass is 414 g/mol. The lowest BCUT2D eigenvalue weighted by molar-refractivity contribution is -0.153. The number of fused-ring (bicyclic) bond motifs is 1. The average molecular weight is 415 g/mol. The quantitative estimate of drug-likeness (QED) is 0.513. The molecule has 8 heteroatoms. The van der Waals surface area contributed by atoms with E-state index in [0.29, 0.717) is 6.54 Å². The van der Waals surface area contributed by atoms with Crippen LogP contribution < -0.4 is 4.90 Å². The number of ether oxygens (including phenoxy) is 1. The zero-order valence-corrected chi connectivity index (χ0v) is 17.5. The number of aromatic nitrogens is 1. The first-order chi connectivity index (χ1) is 14.5. The second-order valence-corrected chi connectivity index (χ2v) is 8.49. The lowest BCUT2D eigenvalue weighted by Gasteiger charge is -2.37. The molecule has 162 valence electrons. The van der Waals surface area contributed by atoms with Crippen molar-refractivity contribution in [2.24, 2.45) is 11.8 Å². The van der Waals surface area contributed by atoms with E-state index in [9.17, 15) is 14.4 Å². The number of amides is 2. The molecule has 0 N–H and O–H groups in total. The summed E-state index contributed by atoms with van der Waals surface area (Å²) in [7, 11) is 0. The number of carbonyl (C=O) groups excluding carboxylic acids is 3. The largest absolute Gasteiger partial charge is 0.459 e. The number of rotatable bonds is 6. The summed E-state index contributed by atoms with van der Waals surface area (Å²) in [5, 5.41) is 0. The molecule has 0 aromatic carbocycles. The van der Waals surface area contributed by atoms with E-state index in [0.717, 1.165) is 57.7 Å². The predicted octanol–water partition coefficient (Wildman–Crippen LogP) is 1.31. The minimum absolute atomic E-state index is 0.0816. The van der Waals surface area contributed by atoms with Gasteiger partial charge in [-0.2, -0.15) is 0 Å². The molecule has 1 saturated carbocycles. The lowest BCUT2D eigenvalue weighted by Crippen LogP contribution is -2.51. The minimum Gasteiger partial charge on any atom is -0.459 e. The first-order valence-electron chi connectivity index (χ1n) is 10.9. The highest BCUT2D eigenvalue weighted by molar-refractivity contribution is 6.05. The molecule has 2 amide bonds. The first-order valence-corrected chi connectivity index (χ1v) is 10.9. The van der Waals surface area contributed by atoms with Crippen molar-refractivity contribution in [3.63, 3.8) is 0 Å². The number of anilines is 1. The zero-order valence-electron chi connectivity index (χ0n) is 17.5. The third-order valence-corrected chi connectivity index (χ3v) is 6.46. The molecule has 3 atom stereocenters. The first kappa shape index (κ1) is 20.8. The van der Waals surface area contributed by atoms with Gasteiger partial charge >= 0.3 is 5.97 Å². The number of nitrogens with zero attached hydrogens (tertiary/aromatic N) is 4. The van der Waals surface area contributed by atoms with Gasteiger partial charge in [-0.3, -0.25) is 24.2 Å². The van der Waals surface area contributed by atoms with Crippen molar-refractivity contribution in [2.75, 3.05) is 44.2 Å². The molecule has 3 heterocycles. The number of hydrogen-bond donors (Lipinski definition) is 0. The molecule has 30 heavy (non-hydrogen) atoms. The van der Waals surface area contributed by atoms with Gasteiger partial charge < -0.3 is 9.64 Å². The number of hydrogen-bond acceptors (Lipinski definition) is 7. The van der Waals surface area contributed by atoms with Gasteiger partial charge in [-0.1, -0.05) is 18.9 Å². The Hall–Kier alpha value is -2.48. The fraction of sp³-hybridized carbons (Fsp3) is 0.636. The van der Waals surface area contributed by atoms with E-state index in [1.165, 1.54) is 11.8 Å². The van der Waals surface area contributed by atoms with Gasteiger partial charge in [0.25, 0.3) is 0 Å². The SMILES string of the molecule is CC(=O)OC(CN1CCN(c2ccccn2)CC1)CN1C(=O)[C@H]2CCCC[C@H]2C1=O. The molecule has 1 unspecified atom stereocenters. The topological polar surface area (TPSA) is 83.1 Å². The maximum absolute atomic E-state index is 12.8. The van der Waals surface area contributed by atoms with Crippen LogP contribution in [0.3, 0.4) is 0 Å². The summed E-state index contributed by atoms with van der Waals surface area (Å²) < 4.78 is 5.52. The molecule has 2 saturated heterocycles. The van der Waals surface area contributed by atoms with Gasteiger partial charge in [0, 0.05) is 45.8 Å². The predicted molar refractivity (Wildman–Crippen MR) is 111 cm³/mol. The molecule has 0 spiro atoms. The Labute approximate surface area is 177 Å². The van der Waals surface area contributed by atoms with E-state index >= 15 is 0 Å². The standard InChI is InChI=1S/C22H30N4O4/c1-16(27)30-17(15-26-21(28)18-6-2-3-7-19(18)22(26)29)14-24-10-12-25(13-11-24)20-8-4-5-9-23-20/h4-5,8-9,17-19H,2-3,6-7,10-15H2,1H3/t17?,18-,19+. The molecule has 1 aromatic heterocycles. The summed E-state index contributed by atoms with van der Waals surface area (Å²) in [6.45, 7) is 5.32. The van der Waals surface area contributed by atoms with E-state index in [4.69, 9.17) is 4.74 Å². The number of pyridine rings is 1. The van der Waals surface area contributed by atoms with Crippen LogP contribution in [0.15, 0.2) is 24.4 Å². The Morgan fingerprint density at radius 1 is 1.07 bits per heavy atom. The second kappa shape index (κ2) is 9.12. The lowest BCUT2D eigenvalue weighted by atomic mass is 9.81. The summed E-state index contributed by atoms with van der Waals surface area (Å²) >= 11 is 0. The Balaban J connectivity index is 1.36. The van der Waals surface area contributed by atoms with Crippen molar-refractivity contribution in [2.45, 2.75) is 38.7 Å². The van der Waals surface area contributed by atoms with E-state index in [-0.39, 0.29) is 36.2 Å². The van der Waals surface area contributed by atoms with Crippen molar-refractivity contribution in [3.8, 4) is 0 Å². The van der Waals surface area contributed by atoms with Crippen molar-refractivity contribution in [1.29, 1.82) is 0 Å². The Kier molecular flexibility index (Phi) is 6.32. The highest BCUT2D eigenvalue weighted by Crippen LogP contribution is 2.38. The molecular formula is C22H30N4O4. The maximum atomic E-state index is 12.8.